The van der Waals surface area contributed by atoms with Crippen LogP contribution in [0.15, 0.2) is 18.2 Å². The monoisotopic (exact) mass is 318 g/mol. The number of amides is 1. The van der Waals surface area contributed by atoms with Gasteiger partial charge in [-0.15, -0.1) is 0 Å². The summed E-state index contributed by atoms with van der Waals surface area (Å²) in [6, 6.07) is 4.79. The number of sulfone groups is 1. The molecule has 0 spiro atoms. The Morgan fingerprint density at radius 2 is 2.00 bits per heavy atom. The van der Waals surface area contributed by atoms with Crippen molar-refractivity contribution in [3.05, 3.63) is 34.3 Å². The highest BCUT2D eigenvalue weighted by Crippen LogP contribution is 2.18. The van der Waals surface area contributed by atoms with Crippen molar-refractivity contribution in [2.24, 2.45) is 5.73 Å². The minimum absolute atomic E-state index is 0.305. The van der Waals surface area contributed by atoms with E-state index in [1.54, 1.807) is 26.0 Å². The summed E-state index contributed by atoms with van der Waals surface area (Å²) in [6.45, 7) is 4.04. The van der Waals surface area contributed by atoms with E-state index in [2.05, 4.69) is 5.32 Å². The minimum Gasteiger partial charge on any atom is -0.366 e. The van der Waals surface area contributed by atoms with E-state index in [0.717, 1.165) is 5.56 Å². The normalized spacial score (nSPS) is 12.4. The number of carbonyl (C=O) groups is 1. The zero-order valence-corrected chi connectivity index (χ0v) is 13.3. The number of hydrogen-bond donors (Lipinski definition) is 2. The first-order chi connectivity index (χ1) is 9.04. The number of hydrogen-bond acceptors (Lipinski definition) is 4. The van der Waals surface area contributed by atoms with Gasteiger partial charge in [-0.25, -0.2) is 8.42 Å². The van der Waals surface area contributed by atoms with Crippen LogP contribution in [-0.2, 0) is 16.4 Å². The Balaban J connectivity index is 2.70. The van der Waals surface area contributed by atoms with Crippen LogP contribution in [0.2, 0.25) is 5.02 Å². The summed E-state index contributed by atoms with van der Waals surface area (Å²) < 4.78 is 22.3. The Bertz CT molecular complexity index is 612. The maximum Gasteiger partial charge on any atom is 0.248 e. The van der Waals surface area contributed by atoms with Crippen molar-refractivity contribution in [1.29, 1.82) is 0 Å². The first-order valence-corrected chi connectivity index (χ1v) is 8.30. The maximum absolute atomic E-state index is 11.6. The third-order valence-electron chi connectivity index (χ3n) is 3.21. The van der Waals surface area contributed by atoms with E-state index in [4.69, 9.17) is 17.3 Å². The minimum atomic E-state index is -3.14. The van der Waals surface area contributed by atoms with E-state index in [1.165, 1.54) is 12.3 Å². The fraction of sp³-hybridized carbons (Fsp3) is 0.462. The predicted molar refractivity (Wildman–Crippen MR) is 80.6 cm³/mol. The Labute approximate surface area is 124 Å². The van der Waals surface area contributed by atoms with Gasteiger partial charge in [0, 0.05) is 29.9 Å². The van der Waals surface area contributed by atoms with Crippen LogP contribution in [0.25, 0.3) is 0 Å². The van der Waals surface area contributed by atoms with E-state index >= 15 is 0 Å². The summed E-state index contributed by atoms with van der Waals surface area (Å²) in [5.41, 5.74) is 6.28. The van der Waals surface area contributed by atoms with Crippen molar-refractivity contribution in [3.63, 3.8) is 0 Å². The van der Waals surface area contributed by atoms with E-state index in [1.807, 2.05) is 0 Å². The van der Waals surface area contributed by atoms with Crippen LogP contribution in [-0.4, -0.2) is 31.9 Å². The van der Waals surface area contributed by atoms with Crippen LogP contribution in [0.3, 0.4) is 0 Å². The van der Waals surface area contributed by atoms with Crippen LogP contribution < -0.4 is 11.1 Å². The topological polar surface area (TPSA) is 89.3 Å². The molecule has 1 rings (SSSR count). The highest BCUT2D eigenvalue weighted by Gasteiger charge is 2.29. The van der Waals surface area contributed by atoms with Crippen LogP contribution in [0.1, 0.15) is 29.8 Å². The molecule has 0 aliphatic heterocycles. The van der Waals surface area contributed by atoms with Gasteiger partial charge < -0.3 is 11.1 Å². The van der Waals surface area contributed by atoms with Gasteiger partial charge in [0.05, 0.1) is 4.75 Å². The molecule has 5 nitrogen and oxygen atoms in total. The molecule has 0 saturated heterocycles. The van der Waals surface area contributed by atoms with Gasteiger partial charge in [0.1, 0.15) is 0 Å². The van der Waals surface area contributed by atoms with Gasteiger partial charge in [-0.2, -0.15) is 0 Å². The van der Waals surface area contributed by atoms with Crippen LogP contribution >= 0.6 is 11.6 Å². The average molecular weight is 319 g/mol. The van der Waals surface area contributed by atoms with Gasteiger partial charge in [-0.1, -0.05) is 17.7 Å². The molecule has 3 N–H and O–H groups in total. The lowest BCUT2D eigenvalue weighted by molar-refractivity contribution is 0.100. The van der Waals surface area contributed by atoms with Gasteiger partial charge in [0.15, 0.2) is 9.84 Å². The number of nitrogens with one attached hydrogen (secondary N) is 1. The molecule has 0 saturated carbocycles. The van der Waals surface area contributed by atoms with Crippen molar-refractivity contribution in [3.8, 4) is 0 Å². The van der Waals surface area contributed by atoms with Crippen molar-refractivity contribution < 1.29 is 13.2 Å². The lowest BCUT2D eigenvalue weighted by atomic mass is 10.1. The Morgan fingerprint density at radius 3 is 2.45 bits per heavy atom. The summed E-state index contributed by atoms with van der Waals surface area (Å²) in [7, 11) is -3.14. The van der Waals surface area contributed by atoms with Crippen molar-refractivity contribution in [2.75, 3.05) is 12.8 Å². The molecule has 0 aliphatic rings. The Morgan fingerprint density at radius 1 is 1.40 bits per heavy atom. The number of benzene rings is 1. The molecular formula is C13H19ClN2O3S. The summed E-state index contributed by atoms with van der Waals surface area (Å²) in [5.74, 6) is -0.537. The number of primary amides is 1. The van der Waals surface area contributed by atoms with Crippen molar-refractivity contribution in [1.82, 2.24) is 5.32 Å². The van der Waals surface area contributed by atoms with E-state index in [0.29, 0.717) is 23.7 Å². The van der Waals surface area contributed by atoms with Crippen molar-refractivity contribution in [2.45, 2.75) is 25.1 Å². The second-order valence-corrected chi connectivity index (χ2v) is 8.36. The highest BCUT2D eigenvalue weighted by atomic mass is 35.5. The fourth-order valence-electron chi connectivity index (χ4n) is 1.47. The van der Waals surface area contributed by atoms with Gasteiger partial charge in [0.2, 0.25) is 5.91 Å². The molecule has 0 radical (unpaired) electrons. The first kappa shape index (κ1) is 16.9. The van der Waals surface area contributed by atoms with E-state index < -0.39 is 20.5 Å². The van der Waals surface area contributed by atoms with Gasteiger partial charge in [-0.05, 0) is 31.5 Å². The van der Waals surface area contributed by atoms with Crippen molar-refractivity contribution >= 4 is 27.3 Å². The molecule has 1 aromatic carbocycles. The lowest BCUT2D eigenvalue weighted by Crippen LogP contribution is -2.41. The predicted octanol–water partition coefficient (Wildman–Crippen LogP) is 1.35. The molecule has 1 amide bonds. The second-order valence-electron chi connectivity index (χ2n) is 5.31. The summed E-state index contributed by atoms with van der Waals surface area (Å²) in [5, 5.41) is 3.48. The molecule has 20 heavy (non-hydrogen) atoms. The molecule has 112 valence electrons. The third-order valence-corrected chi connectivity index (χ3v) is 5.71. The Kier molecular flexibility index (Phi) is 5.18. The Hall–Kier alpha value is -1.11. The maximum atomic E-state index is 11.6. The molecule has 1 aromatic rings. The molecule has 0 aromatic heterocycles. The highest BCUT2D eigenvalue weighted by molar-refractivity contribution is 7.92. The number of nitrogens with two attached hydrogens (primary N) is 1. The zero-order valence-electron chi connectivity index (χ0n) is 11.7. The molecule has 0 bridgehead atoms. The number of carbonyl (C=O) groups excluding carboxylic acids is 1. The summed E-state index contributed by atoms with van der Waals surface area (Å²) in [4.78, 5) is 11.0. The molecule has 0 heterocycles. The zero-order chi connectivity index (χ0) is 15.6. The first-order valence-electron chi connectivity index (χ1n) is 6.03. The molecule has 0 fully saturated rings. The van der Waals surface area contributed by atoms with E-state index in [9.17, 15) is 13.2 Å². The fourth-order valence-corrected chi connectivity index (χ4v) is 2.08. The smallest absolute Gasteiger partial charge is 0.248 e. The van der Waals surface area contributed by atoms with Crippen LogP contribution in [0, 0.1) is 0 Å². The van der Waals surface area contributed by atoms with E-state index in [-0.39, 0.29) is 0 Å². The number of halogens is 1. The quantitative estimate of drug-likeness (QED) is 0.828. The molecule has 7 heteroatoms. The SMILES string of the molecule is CC(C)(CNCc1ccc(C(N)=O)cc1Cl)S(C)(=O)=O. The van der Waals surface area contributed by atoms with Crippen LogP contribution in [0.5, 0.6) is 0 Å². The second kappa shape index (κ2) is 6.11. The molecular weight excluding hydrogens is 300 g/mol. The molecule has 0 aliphatic carbocycles. The molecule has 0 atom stereocenters. The van der Waals surface area contributed by atoms with Gasteiger partial charge in [0.25, 0.3) is 0 Å². The van der Waals surface area contributed by atoms with Gasteiger partial charge in [-0.3, -0.25) is 4.79 Å². The average Bonchev–Trinajstić information content (AvgIpc) is 2.29. The number of rotatable bonds is 6. The van der Waals surface area contributed by atoms with Crippen LogP contribution in [0.4, 0.5) is 0 Å². The summed E-state index contributed by atoms with van der Waals surface area (Å²) >= 11 is 6.05. The lowest BCUT2D eigenvalue weighted by Gasteiger charge is -2.23. The third kappa shape index (κ3) is 4.19. The standard InChI is InChI=1S/C13H19ClN2O3S/c1-13(2,20(3,18)19)8-16-7-10-5-4-9(12(15)17)6-11(10)14/h4-6,16H,7-8H2,1-3H3,(H2,15,17). The molecule has 0 unspecified atom stereocenters. The van der Waals surface area contributed by atoms with Gasteiger partial charge >= 0.3 is 0 Å². The largest absolute Gasteiger partial charge is 0.366 e. The summed E-state index contributed by atoms with van der Waals surface area (Å²) in [6.07, 6.45) is 1.21.